The molecule has 3 heterocycles. The van der Waals surface area contributed by atoms with Gasteiger partial charge in [-0.1, -0.05) is 0 Å². The highest BCUT2D eigenvalue weighted by atomic mass is 32.1. The third kappa shape index (κ3) is 5.13. The molecule has 8 heteroatoms. The minimum atomic E-state index is 0.572. The quantitative estimate of drug-likeness (QED) is 0.494. The highest BCUT2D eigenvalue weighted by Crippen LogP contribution is 2.11. The monoisotopic (exact) mass is 369 g/mol. The zero-order valence-corrected chi connectivity index (χ0v) is 15.8. The van der Waals surface area contributed by atoms with Gasteiger partial charge in [0.05, 0.1) is 11.6 Å². The van der Waals surface area contributed by atoms with E-state index in [-0.39, 0.29) is 0 Å². The summed E-state index contributed by atoms with van der Waals surface area (Å²) in [5, 5.41) is 12.0. The number of nitrogens with one attached hydrogen (secondary N) is 2. The maximum Gasteiger partial charge on any atom is 0.191 e. The largest absolute Gasteiger partial charge is 0.357 e. The summed E-state index contributed by atoms with van der Waals surface area (Å²) in [5.74, 6) is 1.60. The smallest absolute Gasteiger partial charge is 0.191 e. The van der Waals surface area contributed by atoms with E-state index in [1.165, 1.54) is 4.88 Å². The minimum absolute atomic E-state index is 0.572. The van der Waals surface area contributed by atoms with Gasteiger partial charge in [-0.05, 0) is 37.6 Å². The van der Waals surface area contributed by atoms with Crippen molar-refractivity contribution in [3.8, 4) is 5.82 Å². The Morgan fingerprint density at radius 2 is 2.19 bits per heavy atom. The van der Waals surface area contributed by atoms with Gasteiger partial charge < -0.3 is 10.6 Å². The number of hydrogen-bond donors (Lipinski definition) is 2. The molecule has 7 nitrogen and oxygen atoms in total. The van der Waals surface area contributed by atoms with Gasteiger partial charge in [-0.2, -0.15) is 5.10 Å². The molecule has 0 radical (unpaired) electrons. The predicted molar refractivity (Wildman–Crippen MR) is 105 cm³/mol. The molecule has 3 aromatic rings. The zero-order chi connectivity index (χ0) is 18.2. The second-order valence-corrected chi connectivity index (χ2v) is 7.03. The summed E-state index contributed by atoms with van der Waals surface area (Å²) < 4.78 is 1.74. The molecule has 2 N–H and O–H groups in total. The van der Waals surface area contributed by atoms with Gasteiger partial charge in [0, 0.05) is 49.2 Å². The number of nitrogens with zero attached hydrogens (tertiary/aromatic N) is 5. The number of aromatic nitrogens is 4. The lowest BCUT2D eigenvalue weighted by Gasteiger charge is -2.11. The molecule has 0 saturated carbocycles. The number of aryl methyl sites for hydroxylation is 1. The van der Waals surface area contributed by atoms with E-state index in [0.29, 0.717) is 6.54 Å². The lowest BCUT2D eigenvalue weighted by atomic mass is 10.2. The molecule has 0 saturated heterocycles. The summed E-state index contributed by atoms with van der Waals surface area (Å²) in [6.07, 6.45) is 8.21. The number of aliphatic imine (C=N–C) groups is 1. The van der Waals surface area contributed by atoms with Crippen molar-refractivity contribution in [1.29, 1.82) is 0 Å². The van der Waals surface area contributed by atoms with Crippen LogP contribution in [0.15, 0.2) is 48.0 Å². The first-order valence-corrected chi connectivity index (χ1v) is 9.44. The molecule has 0 aliphatic heterocycles. The van der Waals surface area contributed by atoms with Gasteiger partial charge in [0.2, 0.25) is 0 Å². The van der Waals surface area contributed by atoms with Crippen LogP contribution in [0.4, 0.5) is 0 Å². The Kier molecular flexibility index (Phi) is 6.32. The van der Waals surface area contributed by atoms with Crippen molar-refractivity contribution in [1.82, 2.24) is 30.4 Å². The highest BCUT2D eigenvalue weighted by molar-refractivity contribution is 7.11. The van der Waals surface area contributed by atoms with E-state index in [2.05, 4.69) is 44.5 Å². The van der Waals surface area contributed by atoms with Crippen molar-refractivity contribution < 1.29 is 0 Å². The second-order valence-electron chi connectivity index (χ2n) is 5.71. The molecule has 3 aromatic heterocycles. The normalized spacial score (nSPS) is 11.5. The number of pyridine rings is 1. The molecule has 0 bridgehead atoms. The maximum absolute atomic E-state index is 4.66. The van der Waals surface area contributed by atoms with Crippen LogP contribution < -0.4 is 10.6 Å². The van der Waals surface area contributed by atoms with Crippen LogP contribution in [0.5, 0.6) is 0 Å². The molecule has 0 atom stereocenters. The van der Waals surface area contributed by atoms with Gasteiger partial charge in [0.25, 0.3) is 0 Å². The van der Waals surface area contributed by atoms with E-state index in [0.717, 1.165) is 41.9 Å². The SMILES string of the molecule is CCNC(=NCc1ccnc(-n2cccn2)c1)NCCc1ncc(C)s1. The van der Waals surface area contributed by atoms with E-state index in [9.17, 15) is 0 Å². The summed E-state index contributed by atoms with van der Waals surface area (Å²) >= 11 is 1.74. The van der Waals surface area contributed by atoms with Crippen LogP contribution >= 0.6 is 11.3 Å². The topological polar surface area (TPSA) is 80.0 Å². The maximum atomic E-state index is 4.66. The average molecular weight is 369 g/mol. The van der Waals surface area contributed by atoms with Crippen LogP contribution in [0.3, 0.4) is 0 Å². The Balaban J connectivity index is 1.59. The summed E-state index contributed by atoms with van der Waals surface area (Å²) in [6.45, 7) is 6.32. The average Bonchev–Trinajstić information content (AvgIpc) is 3.32. The molecule has 0 amide bonds. The van der Waals surface area contributed by atoms with Crippen molar-refractivity contribution in [2.75, 3.05) is 13.1 Å². The molecule has 26 heavy (non-hydrogen) atoms. The van der Waals surface area contributed by atoms with Crippen LogP contribution in [0, 0.1) is 6.92 Å². The first-order chi connectivity index (χ1) is 12.7. The van der Waals surface area contributed by atoms with Crippen molar-refractivity contribution in [2.24, 2.45) is 4.99 Å². The number of rotatable bonds is 7. The van der Waals surface area contributed by atoms with Gasteiger partial charge in [-0.25, -0.2) is 19.6 Å². The van der Waals surface area contributed by atoms with E-state index in [4.69, 9.17) is 0 Å². The molecule has 0 spiro atoms. The van der Waals surface area contributed by atoms with Crippen molar-refractivity contribution in [2.45, 2.75) is 26.8 Å². The van der Waals surface area contributed by atoms with Crippen molar-refractivity contribution in [3.63, 3.8) is 0 Å². The molecule has 136 valence electrons. The van der Waals surface area contributed by atoms with Crippen LogP contribution in [0.2, 0.25) is 0 Å². The molecule has 0 aromatic carbocycles. The van der Waals surface area contributed by atoms with Gasteiger partial charge in [0.1, 0.15) is 0 Å². The van der Waals surface area contributed by atoms with E-state index in [1.54, 1.807) is 28.4 Å². The van der Waals surface area contributed by atoms with E-state index >= 15 is 0 Å². The Morgan fingerprint density at radius 1 is 1.27 bits per heavy atom. The third-order valence-electron chi connectivity index (χ3n) is 3.61. The number of thiazole rings is 1. The highest BCUT2D eigenvalue weighted by Gasteiger charge is 2.03. The Labute approximate surface area is 157 Å². The second kappa shape index (κ2) is 9.10. The summed E-state index contributed by atoms with van der Waals surface area (Å²) in [4.78, 5) is 14.6. The molecule has 0 aliphatic rings. The molecule has 0 fully saturated rings. The summed E-state index contributed by atoms with van der Waals surface area (Å²) in [6, 6.07) is 5.85. The summed E-state index contributed by atoms with van der Waals surface area (Å²) in [7, 11) is 0. The van der Waals surface area contributed by atoms with Crippen LogP contribution in [0.25, 0.3) is 5.82 Å². The van der Waals surface area contributed by atoms with Crippen molar-refractivity contribution >= 4 is 17.3 Å². The first kappa shape index (κ1) is 18.1. The zero-order valence-electron chi connectivity index (χ0n) is 15.0. The van der Waals surface area contributed by atoms with Crippen LogP contribution in [-0.4, -0.2) is 38.8 Å². The van der Waals surface area contributed by atoms with Gasteiger partial charge >= 0.3 is 0 Å². The fourth-order valence-corrected chi connectivity index (χ4v) is 3.19. The molecular weight excluding hydrogens is 346 g/mol. The molecule has 3 rings (SSSR count). The first-order valence-electron chi connectivity index (χ1n) is 8.63. The standard InChI is InChI=1S/C18H23N7S/c1-3-19-18(21-9-6-17-22-12-14(2)26-17)23-13-15-5-8-20-16(11-15)25-10-4-7-24-25/h4-5,7-8,10-12H,3,6,9,13H2,1-2H3,(H2,19,21,23). The van der Waals surface area contributed by atoms with Gasteiger partial charge in [-0.3, -0.25) is 0 Å². The molecular formula is C18H23N7S. The fraction of sp³-hybridized carbons (Fsp3) is 0.333. The van der Waals surface area contributed by atoms with E-state index < -0.39 is 0 Å². The van der Waals surface area contributed by atoms with Gasteiger partial charge in [-0.15, -0.1) is 11.3 Å². The van der Waals surface area contributed by atoms with E-state index in [1.807, 2.05) is 30.6 Å². The molecule has 0 aliphatic carbocycles. The minimum Gasteiger partial charge on any atom is -0.357 e. The lowest BCUT2D eigenvalue weighted by molar-refractivity contribution is 0.795. The van der Waals surface area contributed by atoms with Crippen LogP contribution in [0.1, 0.15) is 22.4 Å². The Bertz CT molecular complexity index is 839. The number of guanidine groups is 1. The number of hydrogen-bond acceptors (Lipinski definition) is 5. The summed E-state index contributed by atoms with van der Waals surface area (Å²) in [5.41, 5.74) is 1.08. The molecule has 0 unspecified atom stereocenters. The van der Waals surface area contributed by atoms with Crippen LogP contribution in [-0.2, 0) is 13.0 Å². The van der Waals surface area contributed by atoms with Gasteiger partial charge in [0.15, 0.2) is 11.8 Å². The Morgan fingerprint density at radius 3 is 2.92 bits per heavy atom. The fourth-order valence-electron chi connectivity index (χ4n) is 2.41. The lowest BCUT2D eigenvalue weighted by Crippen LogP contribution is -2.38. The van der Waals surface area contributed by atoms with Crippen molar-refractivity contribution in [3.05, 3.63) is 58.4 Å². The third-order valence-corrected chi connectivity index (χ3v) is 4.59. The Hall–Kier alpha value is -2.74. The predicted octanol–water partition coefficient (Wildman–Crippen LogP) is 2.33.